The van der Waals surface area contributed by atoms with Crippen LogP contribution in [-0.4, -0.2) is 53.2 Å². The first-order valence-electron chi connectivity index (χ1n) is 9.83. The fraction of sp³-hybridized carbons (Fsp3) is 0.474. The van der Waals surface area contributed by atoms with E-state index in [1.807, 2.05) is 6.92 Å². The summed E-state index contributed by atoms with van der Waals surface area (Å²) in [7, 11) is 1.76. The molecule has 5 heterocycles. The van der Waals surface area contributed by atoms with Gasteiger partial charge in [0.05, 0.1) is 37.3 Å². The zero-order valence-corrected chi connectivity index (χ0v) is 17.4. The topological polar surface area (TPSA) is 95.5 Å². The van der Waals surface area contributed by atoms with E-state index in [-0.39, 0.29) is 23.0 Å². The quantitative estimate of drug-likeness (QED) is 0.701. The Morgan fingerprint density at radius 3 is 3.00 bits per heavy atom. The number of rotatable bonds is 3. The first kappa shape index (κ1) is 19.6. The predicted molar refractivity (Wildman–Crippen MR) is 110 cm³/mol. The monoisotopic (exact) mass is 431 g/mol. The minimum atomic E-state index is -0.747. The van der Waals surface area contributed by atoms with Gasteiger partial charge in [-0.1, -0.05) is 18.9 Å². The van der Waals surface area contributed by atoms with Crippen LogP contribution in [0.1, 0.15) is 36.2 Å². The highest BCUT2D eigenvalue weighted by Gasteiger charge is 2.52. The van der Waals surface area contributed by atoms with Gasteiger partial charge in [0.25, 0.3) is 5.91 Å². The number of amides is 1. The average molecular weight is 431 g/mol. The summed E-state index contributed by atoms with van der Waals surface area (Å²) in [6, 6.07) is 2.82. The van der Waals surface area contributed by atoms with E-state index in [1.165, 1.54) is 24.2 Å². The van der Waals surface area contributed by atoms with Gasteiger partial charge in [-0.05, 0) is 18.6 Å². The van der Waals surface area contributed by atoms with Crippen LogP contribution >= 0.6 is 11.9 Å². The van der Waals surface area contributed by atoms with Crippen molar-refractivity contribution in [3.63, 3.8) is 0 Å². The van der Waals surface area contributed by atoms with E-state index in [0.717, 1.165) is 5.82 Å². The van der Waals surface area contributed by atoms with Crippen molar-refractivity contribution in [1.82, 2.24) is 25.2 Å². The molecule has 30 heavy (non-hydrogen) atoms. The average Bonchev–Trinajstić information content (AvgIpc) is 3.27. The molecule has 2 N–H and O–H groups in total. The summed E-state index contributed by atoms with van der Waals surface area (Å²) in [5.41, 5.74) is 3.80. The van der Waals surface area contributed by atoms with Crippen LogP contribution in [0.2, 0.25) is 0 Å². The molecule has 3 aliphatic heterocycles. The van der Waals surface area contributed by atoms with Gasteiger partial charge in [-0.25, -0.2) is 19.8 Å². The van der Waals surface area contributed by atoms with Crippen LogP contribution in [-0.2, 0) is 9.53 Å². The number of likely N-dealkylation sites (N-methyl/N-ethyl adjacent to an activating group) is 1. The normalized spacial score (nSPS) is 28.4. The predicted octanol–water partition coefficient (Wildman–Crippen LogP) is 1.51. The number of carbonyl (C=O) groups excluding carboxylic acids is 1. The van der Waals surface area contributed by atoms with Crippen LogP contribution in [0.5, 0.6) is 0 Å². The Bertz CT molecular complexity index is 978. The number of nitrogens with zero attached hydrogens (tertiary/aromatic N) is 5. The largest absolute Gasteiger partial charge is 0.377 e. The van der Waals surface area contributed by atoms with Crippen molar-refractivity contribution in [2.75, 3.05) is 36.6 Å². The summed E-state index contributed by atoms with van der Waals surface area (Å²) < 4.78 is 19.0. The molecule has 0 bridgehead atoms. The van der Waals surface area contributed by atoms with Gasteiger partial charge in [0.15, 0.2) is 5.82 Å². The number of hydrogen-bond donors (Lipinski definition) is 2. The van der Waals surface area contributed by atoms with Gasteiger partial charge >= 0.3 is 0 Å². The number of nitrogens with one attached hydrogen (secondary N) is 2. The second-order valence-corrected chi connectivity index (χ2v) is 8.50. The molecule has 0 aliphatic carbocycles. The summed E-state index contributed by atoms with van der Waals surface area (Å²) in [4.78, 5) is 33.6. The highest BCUT2D eigenvalue weighted by molar-refractivity contribution is 7.97. The molecule has 2 aromatic heterocycles. The van der Waals surface area contributed by atoms with E-state index >= 15 is 0 Å². The number of hydrogen-bond acceptors (Lipinski definition) is 9. The lowest BCUT2D eigenvalue weighted by Gasteiger charge is -2.51. The van der Waals surface area contributed by atoms with Crippen molar-refractivity contribution >= 4 is 29.4 Å². The van der Waals surface area contributed by atoms with E-state index < -0.39 is 5.54 Å². The summed E-state index contributed by atoms with van der Waals surface area (Å²) in [6.45, 7) is 3.47. The van der Waals surface area contributed by atoms with Crippen LogP contribution in [0.25, 0.3) is 0 Å². The van der Waals surface area contributed by atoms with Crippen molar-refractivity contribution in [3.8, 4) is 0 Å². The maximum Gasteiger partial charge on any atom is 0.255 e. The molecule has 158 valence electrons. The first-order chi connectivity index (χ1) is 14.5. The molecule has 3 atom stereocenters. The molecule has 2 saturated heterocycles. The molecule has 0 spiro atoms. The summed E-state index contributed by atoms with van der Waals surface area (Å²) >= 11 is 1.45. The van der Waals surface area contributed by atoms with Gasteiger partial charge in [0.2, 0.25) is 0 Å². The SMILES string of the molecule is CC[C@]12COCCN1c1nc(C3SNNC3c3ccc(F)cn3)ncc1N(C)C2=O. The zero-order valence-electron chi connectivity index (χ0n) is 16.6. The lowest BCUT2D eigenvalue weighted by Crippen LogP contribution is -2.68. The molecule has 0 saturated carbocycles. The third-order valence-electron chi connectivity index (χ3n) is 6.02. The number of halogens is 1. The van der Waals surface area contributed by atoms with Crippen molar-refractivity contribution in [2.45, 2.75) is 30.2 Å². The lowest BCUT2D eigenvalue weighted by molar-refractivity contribution is -0.128. The van der Waals surface area contributed by atoms with Crippen LogP contribution in [0.15, 0.2) is 24.5 Å². The highest BCUT2D eigenvalue weighted by Crippen LogP contribution is 2.45. The number of fused-ring (bicyclic) bond motifs is 3. The smallest absolute Gasteiger partial charge is 0.255 e. The van der Waals surface area contributed by atoms with Crippen LogP contribution in [0.4, 0.5) is 15.9 Å². The number of anilines is 2. The molecule has 2 aromatic rings. The van der Waals surface area contributed by atoms with Crippen molar-refractivity contribution in [3.05, 3.63) is 41.9 Å². The Labute approximate surface area is 177 Å². The Morgan fingerprint density at radius 2 is 2.23 bits per heavy atom. The Morgan fingerprint density at radius 1 is 1.37 bits per heavy atom. The van der Waals surface area contributed by atoms with Gasteiger partial charge in [0.1, 0.15) is 28.1 Å². The van der Waals surface area contributed by atoms with E-state index in [0.29, 0.717) is 43.4 Å². The number of ether oxygens (including phenoxy) is 1. The highest BCUT2D eigenvalue weighted by atomic mass is 32.2. The molecule has 9 nitrogen and oxygen atoms in total. The van der Waals surface area contributed by atoms with Gasteiger partial charge < -0.3 is 14.5 Å². The fourth-order valence-corrected chi connectivity index (χ4v) is 5.18. The minimum Gasteiger partial charge on any atom is -0.377 e. The maximum atomic E-state index is 13.3. The molecule has 2 unspecified atom stereocenters. The molecule has 3 aliphatic rings. The van der Waals surface area contributed by atoms with E-state index in [4.69, 9.17) is 9.72 Å². The van der Waals surface area contributed by atoms with Crippen molar-refractivity contribution in [1.29, 1.82) is 0 Å². The minimum absolute atomic E-state index is 0.000475. The molecule has 2 fully saturated rings. The molecular weight excluding hydrogens is 409 g/mol. The third kappa shape index (κ3) is 2.88. The van der Waals surface area contributed by atoms with Gasteiger partial charge in [0, 0.05) is 13.6 Å². The van der Waals surface area contributed by atoms with Gasteiger partial charge in [-0.15, -0.1) is 0 Å². The second kappa shape index (κ2) is 7.41. The van der Waals surface area contributed by atoms with E-state index in [2.05, 4.69) is 25.1 Å². The number of pyridine rings is 1. The number of aromatic nitrogens is 3. The van der Waals surface area contributed by atoms with Gasteiger partial charge in [-0.2, -0.15) is 4.83 Å². The van der Waals surface area contributed by atoms with E-state index in [9.17, 15) is 9.18 Å². The maximum absolute atomic E-state index is 13.3. The number of morpholine rings is 1. The zero-order chi connectivity index (χ0) is 20.9. The molecule has 0 radical (unpaired) electrons. The molecule has 1 amide bonds. The van der Waals surface area contributed by atoms with Crippen molar-refractivity contribution in [2.24, 2.45) is 0 Å². The first-order valence-corrected chi connectivity index (χ1v) is 10.7. The molecular formula is C19H22FN7O2S. The number of hydrazine groups is 1. The lowest BCUT2D eigenvalue weighted by atomic mass is 9.89. The summed E-state index contributed by atoms with van der Waals surface area (Å²) in [5.74, 6) is 0.979. The molecule has 11 heteroatoms. The fourth-order valence-electron chi connectivity index (χ4n) is 4.30. The van der Waals surface area contributed by atoms with Crippen LogP contribution in [0, 0.1) is 5.82 Å². The van der Waals surface area contributed by atoms with Crippen LogP contribution in [0.3, 0.4) is 0 Å². The Kier molecular flexibility index (Phi) is 4.85. The van der Waals surface area contributed by atoms with Gasteiger partial charge in [-0.3, -0.25) is 9.78 Å². The number of carbonyl (C=O) groups is 1. The van der Waals surface area contributed by atoms with Crippen molar-refractivity contribution < 1.29 is 13.9 Å². The molecule has 0 aromatic carbocycles. The summed E-state index contributed by atoms with van der Waals surface area (Å²) in [6.07, 6.45) is 3.53. The van der Waals surface area contributed by atoms with Crippen LogP contribution < -0.4 is 20.1 Å². The van der Waals surface area contributed by atoms with E-state index in [1.54, 1.807) is 24.2 Å². The molecule has 5 rings (SSSR count). The second-order valence-electron chi connectivity index (χ2n) is 7.55. The third-order valence-corrected chi connectivity index (χ3v) is 6.99. The standard InChI is InChI=1S/C19H22FN7O2S/c1-3-19-10-29-7-6-27(19)17-13(26(2)18(19)28)9-22-16(23-17)15-14(24-25-30-15)12-5-4-11(20)8-21-12/h4-5,8-9,14-15,24-25H,3,6-7,10H2,1-2H3/t14?,15?,19-/m1/s1. The Balaban J connectivity index is 1.55. The Hall–Kier alpha value is -2.34. The summed E-state index contributed by atoms with van der Waals surface area (Å²) in [5, 5.41) is -0.173.